The van der Waals surface area contributed by atoms with Crippen LogP contribution in [0.25, 0.3) is 10.9 Å². The van der Waals surface area contributed by atoms with E-state index in [4.69, 9.17) is 23.1 Å². The first-order chi connectivity index (χ1) is 29.4. The summed E-state index contributed by atoms with van der Waals surface area (Å²) in [7, 11) is 1.40. The van der Waals surface area contributed by atoms with Crippen LogP contribution in [0.3, 0.4) is 0 Å². The number of H-pyrrole nitrogens is 1. The molecule has 2 bridgehead atoms. The number of likely N-dealkylation sites (N-methyl/N-ethyl adjacent to an activating group) is 1. The first-order valence-corrected chi connectivity index (χ1v) is 21.0. The molecule has 3 N–H and O–H groups in total. The molecule has 1 spiro atoms. The van der Waals surface area contributed by atoms with E-state index >= 15 is 4.79 Å². The Morgan fingerprint density at radius 1 is 1.00 bits per heavy atom. The molecule has 6 aliphatic rings. The molecule has 0 amide bonds. The van der Waals surface area contributed by atoms with Gasteiger partial charge in [0.2, 0.25) is 5.60 Å². The number of carbonyl (C=O) groups is 3. The highest BCUT2D eigenvalue weighted by Crippen LogP contribution is 2.68. The fourth-order valence-corrected chi connectivity index (χ4v) is 13.4. The number of carbonyl (C=O) groups excluding carboxylic acids is 3. The molecule has 13 heteroatoms. The average Bonchev–Trinajstić information content (AvgIpc) is 3.89. The average molecular weight is 814 g/mol. The number of benzene rings is 2. The van der Waals surface area contributed by atoms with Gasteiger partial charge in [0.25, 0.3) is 0 Å². The van der Waals surface area contributed by atoms with E-state index in [-0.39, 0.29) is 18.1 Å². The van der Waals surface area contributed by atoms with Gasteiger partial charge in [-0.15, -0.1) is 0 Å². The molecule has 2 saturated heterocycles. The number of para-hydroxylation sites is 1. The van der Waals surface area contributed by atoms with Crippen molar-refractivity contribution in [2.45, 2.75) is 99.5 Å². The molecule has 1 aliphatic carbocycles. The molecular formula is C46H58N4O9. The second-order valence-electron chi connectivity index (χ2n) is 18.1. The van der Waals surface area contributed by atoms with Crippen LogP contribution in [0.4, 0.5) is 5.69 Å². The van der Waals surface area contributed by atoms with Gasteiger partial charge in [-0.25, -0.2) is 4.79 Å². The van der Waals surface area contributed by atoms with Gasteiger partial charge in [-0.3, -0.25) is 19.4 Å². The molecule has 5 aliphatic heterocycles. The molecule has 59 heavy (non-hydrogen) atoms. The molecule has 0 radical (unpaired) electrons. The van der Waals surface area contributed by atoms with E-state index in [0.717, 1.165) is 22.0 Å². The molecule has 13 nitrogen and oxygen atoms in total. The summed E-state index contributed by atoms with van der Waals surface area (Å²) in [4.78, 5) is 53.1. The number of nitrogens with one attached hydrogen (secondary N) is 1. The monoisotopic (exact) mass is 813 g/mol. The Morgan fingerprint density at radius 2 is 1.80 bits per heavy atom. The van der Waals surface area contributed by atoms with Gasteiger partial charge in [0.1, 0.15) is 11.2 Å². The Labute approximate surface area is 349 Å². The molecular weight excluding hydrogens is 753 g/mol. The van der Waals surface area contributed by atoms with Crippen LogP contribution in [0.15, 0.2) is 48.6 Å². The lowest BCUT2D eigenvalue weighted by atomic mass is 9.47. The lowest BCUT2D eigenvalue weighted by Crippen LogP contribution is -2.81. The Kier molecular flexibility index (Phi) is 8.52. The fraction of sp³-hybridized carbons (Fsp3) is 0.587. The first-order valence-electron chi connectivity index (χ1n) is 22.5. The predicted octanol–water partition coefficient (Wildman–Crippen LogP) is 3.99. The molecule has 3 aromatic rings. The number of esters is 3. The zero-order chi connectivity index (χ0) is 44.4. The summed E-state index contributed by atoms with van der Waals surface area (Å²) in [5.41, 5.74) is -3.53. The molecule has 2 aromatic carbocycles. The van der Waals surface area contributed by atoms with Gasteiger partial charge in [-0.05, 0) is 74.2 Å². The normalized spacial score (nSPS) is 37.9. The number of nitrogens with zero attached hydrogens (tertiary/aromatic N) is 3. The van der Waals surface area contributed by atoms with Crippen molar-refractivity contribution in [2.75, 3.05) is 65.9 Å². The zero-order valence-corrected chi connectivity index (χ0v) is 34.8. The smallest absolute Gasteiger partial charge is 0.344 e. The number of methoxy groups -OCH3 is 3. The maximum absolute atomic E-state index is 15.6. The third kappa shape index (κ3) is 5.20. The summed E-state index contributed by atoms with van der Waals surface area (Å²) in [6, 6.07) is 10.1. The summed E-state index contributed by atoms with van der Waals surface area (Å²) in [6.07, 6.45) is 4.95. The number of hydrogen-bond donors (Lipinski definition) is 3. The highest BCUT2D eigenvalue weighted by Gasteiger charge is 2.80. The number of rotatable bonds is 7. The van der Waals surface area contributed by atoms with Gasteiger partial charge in [0.05, 0.1) is 37.0 Å². The van der Waals surface area contributed by atoms with E-state index in [1.807, 2.05) is 67.3 Å². The number of aliphatic hydroxyl groups is 2. The topological polar surface area (TPSA) is 154 Å². The van der Waals surface area contributed by atoms with Crippen molar-refractivity contribution in [1.82, 2.24) is 14.8 Å². The lowest BCUT2D eigenvalue weighted by molar-refractivity contribution is -0.228. The number of fused-ring (bicyclic) bond motifs is 6. The van der Waals surface area contributed by atoms with E-state index in [1.54, 1.807) is 7.05 Å². The number of piperidine rings is 1. The summed E-state index contributed by atoms with van der Waals surface area (Å²) in [5, 5.41) is 26.3. The van der Waals surface area contributed by atoms with Gasteiger partial charge in [0.15, 0.2) is 6.10 Å². The van der Waals surface area contributed by atoms with Gasteiger partial charge in [0, 0.05) is 90.9 Å². The molecule has 6 heterocycles. The number of ether oxygens (including phenoxy) is 4. The summed E-state index contributed by atoms with van der Waals surface area (Å²) in [5.74, 6) is -2.60. The van der Waals surface area contributed by atoms with Gasteiger partial charge in [-0.1, -0.05) is 44.2 Å². The SMILES string of the molecule is [2H]C([2H])([2H])OC(=O)[C@]1(c2cc3c(cc2OC)N(C)[C@H]2[C@@](O)(C(=O)OC)[C@@H](OC(C)=O)[C@]4(CC)C=CCN5CC[C@]32[C@@H]54)C[C@@H]2CN(CCc3c1[nH]c1ccccc31)C[C@](O)(CC)C2. The van der Waals surface area contributed by atoms with Gasteiger partial charge < -0.3 is 39.0 Å². The molecule has 1 saturated carbocycles. The molecule has 1 aromatic heterocycles. The second kappa shape index (κ2) is 13.8. The highest BCUT2D eigenvalue weighted by molar-refractivity contribution is 5.95. The summed E-state index contributed by atoms with van der Waals surface area (Å²) in [6.45, 7) is 7.97. The number of aromatic nitrogens is 1. The van der Waals surface area contributed by atoms with Crippen LogP contribution in [0.1, 0.15) is 79.4 Å². The Bertz CT molecular complexity index is 2370. The quantitative estimate of drug-likeness (QED) is 0.180. The van der Waals surface area contributed by atoms with E-state index in [2.05, 4.69) is 14.8 Å². The fourth-order valence-electron chi connectivity index (χ4n) is 13.4. The van der Waals surface area contributed by atoms with Crippen LogP contribution >= 0.6 is 0 Å². The maximum Gasteiger partial charge on any atom is 0.344 e. The first kappa shape index (κ1) is 36.4. The summed E-state index contributed by atoms with van der Waals surface area (Å²) >= 11 is 0. The van der Waals surface area contributed by atoms with Crippen molar-refractivity contribution in [1.29, 1.82) is 0 Å². The van der Waals surface area contributed by atoms with Crippen molar-refractivity contribution in [3.8, 4) is 5.75 Å². The lowest BCUT2D eigenvalue weighted by Gasteiger charge is -2.63. The van der Waals surface area contributed by atoms with E-state index in [9.17, 15) is 19.8 Å². The largest absolute Gasteiger partial charge is 0.496 e. The van der Waals surface area contributed by atoms with Crippen LogP contribution in [0.5, 0.6) is 5.75 Å². The number of hydrogen-bond acceptors (Lipinski definition) is 12. The van der Waals surface area contributed by atoms with Crippen molar-refractivity contribution < 1.29 is 47.7 Å². The maximum atomic E-state index is 15.6. The predicted molar refractivity (Wildman–Crippen MR) is 220 cm³/mol. The third-order valence-corrected chi connectivity index (χ3v) is 15.5. The van der Waals surface area contributed by atoms with Crippen LogP contribution in [-0.2, 0) is 45.8 Å². The van der Waals surface area contributed by atoms with Crippen molar-refractivity contribution in [3.63, 3.8) is 0 Å². The molecule has 316 valence electrons. The molecule has 10 atom stereocenters. The van der Waals surface area contributed by atoms with Crippen LogP contribution in [-0.4, -0.2) is 133 Å². The Hall–Kier alpha value is -4.43. The number of aromatic amines is 1. The Balaban J connectivity index is 1.38. The molecule has 3 fully saturated rings. The van der Waals surface area contributed by atoms with E-state index in [0.29, 0.717) is 81.8 Å². The minimum atomic E-state index is -3.11. The Morgan fingerprint density at radius 3 is 2.51 bits per heavy atom. The van der Waals surface area contributed by atoms with Gasteiger partial charge in [-0.2, -0.15) is 0 Å². The standard InChI is InChI=1S/C46H58N4O9/c1-8-42(54)23-28-24-45(40(52)57-6,36-30(15-19-49(25-28)26-42)29-13-10-11-14-33(29)47-36)32-21-31-34(22-35(32)56-5)48(4)38-44(31)17-20-50-18-12-16-43(9-2,37(44)50)39(59-27(3)51)46(38,55)41(53)58-7/h10-14,16,21-22,28,37-39,47,54-55H,8-9,15,17-20,23-26H2,1-7H3/t28-,37+,38-,39+,42+,43-,44-,45+,46+/m1/s1/i6D3. The van der Waals surface area contributed by atoms with Crippen molar-refractivity contribution in [3.05, 3.63) is 70.9 Å². The summed E-state index contributed by atoms with van der Waals surface area (Å²) < 4.78 is 48.5. The van der Waals surface area contributed by atoms with E-state index in [1.165, 1.54) is 21.1 Å². The van der Waals surface area contributed by atoms with Crippen LogP contribution in [0, 0.1) is 11.3 Å². The molecule has 9 rings (SSSR count). The molecule has 1 unspecified atom stereocenters. The van der Waals surface area contributed by atoms with E-state index < -0.39 is 70.6 Å². The minimum Gasteiger partial charge on any atom is -0.496 e. The van der Waals surface area contributed by atoms with Crippen LogP contribution < -0.4 is 9.64 Å². The number of anilines is 1. The van der Waals surface area contributed by atoms with Crippen molar-refractivity contribution in [2.24, 2.45) is 11.3 Å². The zero-order valence-electron chi connectivity index (χ0n) is 37.8. The van der Waals surface area contributed by atoms with Crippen LogP contribution in [0.2, 0.25) is 0 Å². The van der Waals surface area contributed by atoms with Gasteiger partial charge >= 0.3 is 17.9 Å². The minimum absolute atomic E-state index is 0.0692. The highest BCUT2D eigenvalue weighted by atomic mass is 16.6. The van der Waals surface area contributed by atoms with Crippen molar-refractivity contribution >= 4 is 34.5 Å². The second-order valence-corrected chi connectivity index (χ2v) is 18.1. The third-order valence-electron chi connectivity index (χ3n) is 15.5.